The predicted molar refractivity (Wildman–Crippen MR) is 99.2 cm³/mol. The first kappa shape index (κ1) is 18.3. The minimum Gasteiger partial charge on any atom is -0.760 e. The number of aromatic nitrogens is 3. The Morgan fingerprint density at radius 3 is 2.76 bits per heavy atom. The van der Waals surface area contributed by atoms with Crippen LogP contribution in [-0.2, 0) is 11.3 Å². The minimum absolute atomic E-state index is 0.173. The first-order valence-electron chi connectivity index (χ1n) is 7.97. The van der Waals surface area contributed by atoms with Gasteiger partial charge in [0.25, 0.3) is 0 Å². The van der Waals surface area contributed by atoms with Crippen molar-refractivity contribution in [3.8, 4) is 0 Å². The van der Waals surface area contributed by atoms with Crippen molar-refractivity contribution in [1.29, 1.82) is 0 Å². The number of nitrogen functional groups attached to an aromatic ring is 1. The third kappa shape index (κ3) is 4.38. The van der Waals surface area contributed by atoms with Crippen molar-refractivity contribution >= 4 is 39.1 Å². The number of hydrogen-bond donors (Lipinski definition) is 3. The zero-order chi connectivity index (χ0) is 18.0. The molecule has 1 aromatic carbocycles. The van der Waals surface area contributed by atoms with Crippen LogP contribution in [0.1, 0.15) is 24.9 Å². The molecule has 136 valence electrons. The van der Waals surface area contributed by atoms with Gasteiger partial charge in [-0.25, -0.2) is 9.82 Å². The lowest BCUT2D eigenvalue weighted by Crippen LogP contribution is -2.45. The zero-order valence-electron chi connectivity index (χ0n) is 13.7. The van der Waals surface area contributed by atoms with E-state index in [4.69, 9.17) is 5.73 Å². The van der Waals surface area contributed by atoms with Crippen LogP contribution in [0.25, 0.3) is 0 Å². The summed E-state index contributed by atoms with van der Waals surface area (Å²) in [5, 5.41) is 6.75. The molecular formula is C15H20BrN6O2S-. The summed E-state index contributed by atoms with van der Waals surface area (Å²) < 4.78 is 26.3. The van der Waals surface area contributed by atoms with E-state index in [0.29, 0.717) is 11.9 Å². The summed E-state index contributed by atoms with van der Waals surface area (Å²) in [7, 11) is 0. The molecule has 4 atom stereocenters. The summed E-state index contributed by atoms with van der Waals surface area (Å²) in [5.41, 5.74) is 6.56. The van der Waals surface area contributed by atoms with Gasteiger partial charge in [-0.3, -0.25) is 4.21 Å². The van der Waals surface area contributed by atoms with Crippen LogP contribution in [0.3, 0.4) is 0 Å². The summed E-state index contributed by atoms with van der Waals surface area (Å²) in [6, 6.07) is 7.48. The molecule has 10 heteroatoms. The highest BCUT2D eigenvalue weighted by atomic mass is 79.9. The van der Waals surface area contributed by atoms with Crippen LogP contribution < -0.4 is 15.4 Å². The van der Waals surface area contributed by atoms with Crippen LogP contribution in [0.15, 0.2) is 28.7 Å². The summed E-state index contributed by atoms with van der Waals surface area (Å²) in [6.07, 6.45) is 0.820. The Morgan fingerprint density at radius 2 is 2.20 bits per heavy atom. The average Bonchev–Trinajstić information content (AvgIpc) is 3.00. The van der Waals surface area contributed by atoms with Gasteiger partial charge in [-0.05, 0) is 36.0 Å². The van der Waals surface area contributed by atoms with Gasteiger partial charge in [0.15, 0.2) is 0 Å². The van der Waals surface area contributed by atoms with Crippen molar-refractivity contribution in [2.45, 2.75) is 19.4 Å². The fourth-order valence-electron chi connectivity index (χ4n) is 3.42. The van der Waals surface area contributed by atoms with Crippen molar-refractivity contribution in [1.82, 2.24) is 19.9 Å². The summed E-state index contributed by atoms with van der Waals surface area (Å²) in [4.78, 5) is 6.24. The molecule has 4 unspecified atom stereocenters. The lowest BCUT2D eigenvalue weighted by atomic mass is 9.79. The molecule has 1 aromatic heterocycles. The van der Waals surface area contributed by atoms with Crippen LogP contribution in [-0.4, -0.2) is 37.0 Å². The van der Waals surface area contributed by atoms with E-state index in [1.165, 1.54) is 0 Å². The zero-order valence-corrected chi connectivity index (χ0v) is 16.1. The maximum absolute atomic E-state index is 11.3. The van der Waals surface area contributed by atoms with Crippen LogP contribution in [0, 0.1) is 11.8 Å². The van der Waals surface area contributed by atoms with E-state index in [2.05, 4.69) is 47.7 Å². The van der Waals surface area contributed by atoms with Gasteiger partial charge in [-0.15, -0.1) is 5.10 Å². The third-order valence-electron chi connectivity index (χ3n) is 4.63. The molecule has 2 heterocycles. The lowest BCUT2D eigenvalue weighted by Gasteiger charge is -2.41. The standard InChI is InChI=1S/C15H21BrN6O2S/c1-9-8-22(15-18-14(17)19-20-15)7-6-12(9)13(21-25(23)24)10-2-4-11(16)5-3-10/h2-5,9,12-13,21H,6-8H2,1H3,(H,23,24)(H3,17,18,19,20)/p-1. The Kier molecular flexibility index (Phi) is 5.72. The number of halogens is 1. The number of hydrogen-bond acceptors (Lipinski definition) is 6. The number of rotatable bonds is 5. The summed E-state index contributed by atoms with van der Waals surface area (Å²) >= 11 is 1.08. The molecule has 3 rings (SSSR count). The number of anilines is 2. The second kappa shape index (κ2) is 7.81. The molecule has 0 spiro atoms. The van der Waals surface area contributed by atoms with Crippen molar-refractivity contribution in [2.24, 2.45) is 11.8 Å². The van der Waals surface area contributed by atoms with Crippen molar-refractivity contribution in [2.75, 3.05) is 23.7 Å². The van der Waals surface area contributed by atoms with E-state index in [9.17, 15) is 8.76 Å². The molecule has 0 bridgehead atoms. The van der Waals surface area contributed by atoms with E-state index in [-0.39, 0.29) is 17.9 Å². The van der Waals surface area contributed by atoms with Crippen molar-refractivity contribution < 1.29 is 8.76 Å². The molecule has 1 saturated heterocycles. The van der Waals surface area contributed by atoms with Gasteiger partial charge < -0.3 is 15.2 Å². The maximum atomic E-state index is 11.3. The number of aromatic amines is 1. The highest BCUT2D eigenvalue weighted by Crippen LogP contribution is 2.36. The number of nitrogens with zero attached hydrogens (tertiary/aromatic N) is 3. The van der Waals surface area contributed by atoms with Crippen LogP contribution in [0.4, 0.5) is 11.9 Å². The first-order chi connectivity index (χ1) is 11.9. The van der Waals surface area contributed by atoms with Crippen LogP contribution >= 0.6 is 15.9 Å². The number of nitrogens with one attached hydrogen (secondary N) is 2. The van der Waals surface area contributed by atoms with E-state index in [1.54, 1.807) is 0 Å². The largest absolute Gasteiger partial charge is 0.760 e. The monoisotopic (exact) mass is 427 g/mol. The number of H-pyrrole nitrogens is 1. The molecule has 1 aliphatic rings. The van der Waals surface area contributed by atoms with Gasteiger partial charge in [0.2, 0.25) is 11.9 Å². The van der Waals surface area contributed by atoms with Gasteiger partial charge in [0, 0.05) is 34.9 Å². The van der Waals surface area contributed by atoms with E-state index < -0.39 is 11.3 Å². The lowest BCUT2D eigenvalue weighted by molar-refractivity contribution is 0.241. The second-order valence-corrected chi connectivity index (χ2v) is 7.90. The van der Waals surface area contributed by atoms with Gasteiger partial charge in [-0.2, -0.15) is 4.98 Å². The molecule has 8 nitrogen and oxygen atoms in total. The van der Waals surface area contributed by atoms with Crippen molar-refractivity contribution in [3.63, 3.8) is 0 Å². The van der Waals surface area contributed by atoms with Gasteiger partial charge >= 0.3 is 0 Å². The average molecular weight is 428 g/mol. The quantitative estimate of drug-likeness (QED) is 0.624. The molecule has 2 aromatic rings. The fourth-order valence-corrected chi connectivity index (χ4v) is 4.21. The van der Waals surface area contributed by atoms with Crippen molar-refractivity contribution in [3.05, 3.63) is 34.3 Å². The summed E-state index contributed by atoms with van der Waals surface area (Å²) in [5.74, 6) is 1.30. The Hall–Kier alpha value is -1.49. The summed E-state index contributed by atoms with van der Waals surface area (Å²) in [6.45, 7) is 3.60. The molecule has 4 N–H and O–H groups in total. The predicted octanol–water partition coefficient (Wildman–Crippen LogP) is 1.74. The van der Waals surface area contributed by atoms with Crippen LogP contribution in [0.2, 0.25) is 0 Å². The Morgan fingerprint density at radius 1 is 1.48 bits per heavy atom. The number of benzene rings is 1. The SMILES string of the molecule is CC1CN(c2n[nH]c(N)n2)CCC1C(NS(=O)[O-])c1ccc(Br)cc1. The second-order valence-electron chi connectivity index (χ2n) is 6.28. The van der Waals surface area contributed by atoms with Gasteiger partial charge in [0.05, 0.1) is 0 Å². The maximum Gasteiger partial charge on any atom is 0.246 e. The Labute approximate surface area is 157 Å². The normalized spacial score (nSPS) is 23.4. The third-order valence-corrected chi connectivity index (χ3v) is 5.60. The van der Waals surface area contributed by atoms with Crippen LogP contribution in [0.5, 0.6) is 0 Å². The number of piperidine rings is 1. The molecule has 0 radical (unpaired) electrons. The van der Waals surface area contributed by atoms with E-state index in [0.717, 1.165) is 29.5 Å². The fraction of sp³-hybridized carbons (Fsp3) is 0.467. The minimum atomic E-state index is -2.33. The Balaban J connectivity index is 1.77. The highest BCUT2D eigenvalue weighted by Gasteiger charge is 2.34. The molecule has 0 aliphatic carbocycles. The van der Waals surface area contributed by atoms with Gasteiger partial charge in [-0.1, -0.05) is 35.0 Å². The van der Waals surface area contributed by atoms with Gasteiger partial charge in [0.1, 0.15) is 0 Å². The molecule has 0 saturated carbocycles. The molecule has 0 amide bonds. The molecule has 1 aliphatic heterocycles. The van der Waals surface area contributed by atoms with E-state index in [1.807, 2.05) is 24.3 Å². The molecular weight excluding hydrogens is 408 g/mol. The molecule has 1 fully saturated rings. The smallest absolute Gasteiger partial charge is 0.246 e. The Bertz CT molecular complexity index is 740. The highest BCUT2D eigenvalue weighted by molar-refractivity contribution is 9.10. The first-order valence-corrected chi connectivity index (χ1v) is 9.84. The van der Waals surface area contributed by atoms with E-state index >= 15 is 0 Å². The topological polar surface area (TPSA) is 123 Å². The molecule has 25 heavy (non-hydrogen) atoms. The number of nitrogens with two attached hydrogens (primary N) is 1.